The number of likely N-dealkylation sites (tertiary alicyclic amines) is 1. The topological polar surface area (TPSA) is 88.6 Å². The molecule has 6 rings (SSSR count). The number of anilines is 2. The zero-order chi connectivity index (χ0) is 31.0. The van der Waals surface area contributed by atoms with Crippen molar-refractivity contribution in [2.24, 2.45) is 5.92 Å². The summed E-state index contributed by atoms with van der Waals surface area (Å²) < 4.78 is 17.9. The zero-order valence-electron chi connectivity index (χ0n) is 25.9. The number of methoxy groups -OCH3 is 1. The van der Waals surface area contributed by atoms with Crippen molar-refractivity contribution < 1.29 is 28.6 Å². The van der Waals surface area contributed by atoms with Gasteiger partial charge in [0.15, 0.2) is 6.61 Å². The van der Waals surface area contributed by atoms with E-state index < -0.39 is 17.6 Å². The van der Waals surface area contributed by atoms with Gasteiger partial charge in [-0.25, -0.2) is 4.79 Å². The van der Waals surface area contributed by atoms with Gasteiger partial charge in [-0.05, 0) is 87.0 Å². The van der Waals surface area contributed by atoms with Gasteiger partial charge in [-0.15, -0.1) is 11.3 Å². The summed E-state index contributed by atoms with van der Waals surface area (Å²) in [6.45, 7) is 7.41. The Bertz CT molecular complexity index is 1540. The van der Waals surface area contributed by atoms with Crippen LogP contribution in [-0.2, 0) is 19.1 Å². The SMILES string of the molecule is COCCCN1C(=O)COc2ccc(N(C(=O)[C@H]3CN(C(=O)OC(C)(C)C)CC[C@@H]3c3csc4ccccc34)C3CC3)cc21. The molecule has 3 amide bonds. The first-order valence-corrected chi connectivity index (χ1v) is 16.4. The Labute approximate surface area is 262 Å². The monoisotopic (exact) mass is 619 g/mol. The van der Waals surface area contributed by atoms with Crippen molar-refractivity contribution in [3.8, 4) is 5.75 Å². The van der Waals surface area contributed by atoms with Crippen molar-refractivity contribution in [1.29, 1.82) is 0 Å². The van der Waals surface area contributed by atoms with Crippen LogP contribution in [0.1, 0.15) is 57.9 Å². The van der Waals surface area contributed by atoms with Gasteiger partial charge in [-0.2, -0.15) is 0 Å². The Balaban J connectivity index is 1.35. The van der Waals surface area contributed by atoms with Crippen LogP contribution in [0.2, 0.25) is 0 Å². The number of hydrogen-bond donors (Lipinski definition) is 0. The summed E-state index contributed by atoms with van der Waals surface area (Å²) >= 11 is 1.69. The number of hydrogen-bond acceptors (Lipinski definition) is 7. The first-order chi connectivity index (χ1) is 21.1. The second-order valence-electron chi connectivity index (χ2n) is 12.9. The fraction of sp³-hybridized carbons (Fsp3) is 0.500. The lowest BCUT2D eigenvalue weighted by atomic mass is 9.79. The van der Waals surface area contributed by atoms with Crippen molar-refractivity contribution in [2.75, 3.05) is 49.8 Å². The zero-order valence-corrected chi connectivity index (χ0v) is 26.7. The number of rotatable bonds is 8. The number of amides is 3. The Morgan fingerprint density at radius 1 is 1.11 bits per heavy atom. The van der Waals surface area contributed by atoms with Crippen LogP contribution in [-0.4, -0.2) is 74.4 Å². The third-order valence-corrected chi connectivity index (χ3v) is 9.52. The summed E-state index contributed by atoms with van der Waals surface area (Å²) in [6, 6.07) is 14.1. The maximum Gasteiger partial charge on any atom is 0.410 e. The number of nitrogens with zero attached hydrogens (tertiary/aromatic N) is 3. The summed E-state index contributed by atoms with van der Waals surface area (Å²) in [5, 5.41) is 3.35. The van der Waals surface area contributed by atoms with E-state index in [4.69, 9.17) is 14.2 Å². The van der Waals surface area contributed by atoms with Crippen LogP contribution in [0.5, 0.6) is 5.75 Å². The Morgan fingerprint density at radius 3 is 2.66 bits per heavy atom. The average Bonchev–Trinajstić information content (AvgIpc) is 3.74. The van der Waals surface area contributed by atoms with Crippen molar-refractivity contribution in [2.45, 2.75) is 64.0 Å². The van der Waals surface area contributed by atoms with Crippen molar-refractivity contribution in [1.82, 2.24) is 4.90 Å². The molecule has 9 nitrogen and oxygen atoms in total. The number of benzene rings is 2. The molecule has 2 aliphatic heterocycles. The average molecular weight is 620 g/mol. The van der Waals surface area contributed by atoms with Gasteiger partial charge in [0.1, 0.15) is 11.4 Å². The molecule has 3 aromatic rings. The van der Waals surface area contributed by atoms with Gasteiger partial charge >= 0.3 is 6.09 Å². The first kappa shape index (κ1) is 30.4. The maximum absolute atomic E-state index is 14.8. The highest BCUT2D eigenvalue weighted by Crippen LogP contribution is 2.44. The van der Waals surface area contributed by atoms with Crippen molar-refractivity contribution >= 4 is 50.7 Å². The molecular formula is C34H41N3O6S. The van der Waals surface area contributed by atoms with Crippen LogP contribution in [0.25, 0.3) is 10.1 Å². The van der Waals surface area contributed by atoms with E-state index in [2.05, 4.69) is 17.5 Å². The standard InChI is InChI=1S/C34H41N3O6S/c1-34(2,3)43-33(40)35-16-14-24(27-21-44-30-9-6-5-8-25(27)30)26(19-35)32(39)37(22-10-11-22)23-12-13-29-28(18-23)36(15-7-17-41-4)31(38)20-42-29/h5-6,8-9,12-13,18,21-22,24,26H,7,10-11,14-17,19-20H2,1-4H3/t24-,26-/m0/s1. The van der Waals surface area contributed by atoms with Crippen molar-refractivity contribution in [3.05, 3.63) is 53.4 Å². The van der Waals surface area contributed by atoms with Crippen LogP contribution >= 0.6 is 11.3 Å². The summed E-state index contributed by atoms with van der Waals surface area (Å²) in [4.78, 5) is 46.3. The summed E-state index contributed by atoms with van der Waals surface area (Å²) in [5.74, 6) is 0.00771. The van der Waals surface area contributed by atoms with Gasteiger partial charge in [0.05, 0.1) is 11.6 Å². The van der Waals surface area contributed by atoms with E-state index >= 15 is 0 Å². The van der Waals surface area contributed by atoms with E-state index in [1.807, 2.05) is 56.0 Å². The molecule has 0 bridgehead atoms. The summed E-state index contributed by atoms with van der Waals surface area (Å²) in [6.07, 6.45) is 2.78. The van der Waals surface area contributed by atoms with Gasteiger partial charge in [-0.1, -0.05) is 18.2 Å². The highest BCUT2D eigenvalue weighted by molar-refractivity contribution is 7.17. The number of carbonyl (C=O) groups excluding carboxylic acids is 3. The van der Waals surface area contributed by atoms with Gasteiger partial charge in [0.25, 0.3) is 5.91 Å². The number of piperidine rings is 1. The molecule has 44 heavy (non-hydrogen) atoms. The molecule has 234 valence electrons. The lowest BCUT2D eigenvalue weighted by molar-refractivity contribution is -0.124. The minimum absolute atomic E-state index is 0.00465. The minimum atomic E-state index is -0.630. The molecule has 2 atom stereocenters. The third-order valence-electron chi connectivity index (χ3n) is 8.54. The molecule has 0 N–H and O–H groups in total. The van der Waals surface area contributed by atoms with Crippen molar-refractivity contribution in [3.63, 3.8) is 0 Å². The Kier molecular flexibility index (Phi) is 8.57. The summed E-state index contributed by atoms with van der Waals surface area (Å²) in [7, 11) is 1.65. The van der Waals surface area contributed by atoms with Crippen LogP contribution in [0.4, 0.5) is 16.2 Å². The molecular weight excluding hydrogens is 578 g/mol. The molecule has 3 aliphatic rings. The number of thiophene rings is 1. The molecule has 0 spiro atoms. The van der Waals surface area contributed by atoms with Gasteiger partial charge in [-0.3, -0.25) is 9.59 Å². The lowest BCUT2D eigenvalue weighted by Crippen LogP contribution is -2.51. The lowest BCUT2D eigenvalue weighted by Gasteiger charge is -2.40. The number of carbonyl (C=O) groups is 3. The fourth-order valence-corrected chi connectivity index (χ4v) is 7.36. The second-order valence-corrected chi connectivity index (χ2v) is 13.8. The Hall–Kier alpha value is -3.63. The van der Waals surface area contributed by atoms with E-state index in [9.17, 15) is 14.4 Å². The predicted octanol–water partition coefficient (Wildman–Crippen LogP) is 6.20. The summed E-state index contributed by atoms with van der Waals surface area (Å²) in [5.41, 5.74) is 1.95. The molecule has 1 saturated heterocycles. The minimum Gasteiger partial charge on any atom is -0.482 e. The molecule has 2 fully saturated rings. The molecule has 10 heteroatoms. The molecule has 0 radical (unpaired) electrons. The van der Waals surface area contributed by atoms with Gasteiger partial charge in [0.2, 0.25) is 5.91 Å². The van der Waals surface area contributed by atoms with E-state index in [1.54, 1.807) is 28.2 Å². The van der Waals surface area contributed by atoms with Crippen LogP contribution in [0.3, 0.4) is 0 Å². The van der Waals surface area contributed by atoms with E-state index in [1.165, 1.54) is 10.1 Å². The van der Waals surface area contributed by atoms with E-state index in [-0.39, 0.29) is 36.9 Å². The molecule has 1 saturated carbocycles. The molecule has 1 aromatic heterocycles. The fourth-order valence-electron chi connectivity index (χ4n) is 6.33. The molecule has 0 unspecified atom stereocenters. The van der Waals surface area contributed by atoms with Gasteiger partial charge < -0.3 is 28.9 Å². The molecule has 2 aromatic carbocycles. The van der Waals surface area contributed by atoms with E-state index in [0.29, 0.717) is 44.0 Å². The van der Waals surface area contributed by atoms with E-state index in [0.717, 1.165) is 24.1 Å². The highest BCUT2D eigenvalue weighted by atomic mass is 32.1. The van der Waals surface area contributed by atoms with Crippen LogP contribution in [0, 0.1) is 5.92 Å². The van der Waals surface area contributed by atoms with Gasteiger partial charge in [0, 0.05) is 55.7 Å². The number of fused-ring (bicyclic) bond motifs is 2. The second kappa shape index (κ2) is 12.4. The van der Waals surface area contributed by atoms with Crippen LogP contribution < -0.4 is 14.5 Å². The third kappa shape index (κ3) is 6.28. The predicted molar refractivity (Wildman–Crippen MR) is 172 cm³/mol. The maximum atomic E-state index is 14.8. The Morgan fingerprint density at radius 2 is 1.91 bits per heavy atom. The highest BCUT2D eigenvalue weighted by Gasteiger charge is 2.44. The molecule has 1 aliphatic carbocycles. The number of ether oxygens (including phenoxy) is 3. The smallest absolute Gasteiger partial charge is 0.410 e. The largest absolute Gasteiger partial charge is 0.482 e. The molecule has 3 heterocycles. The first-order valence-electron chi connectivity index (χ1n) is 15.5. The quantitative estimate of drug-likeness (QED) is 0.279. The van der Waals surface area contributed by atoms with Crippen LogP contribution in [0.15, 0.2) is 47.8 Å². The normalized spacial score (nSPS) is 20.3.